The summed E-state index contributed by atoms with van der Waals surface area (Å²) in [6, 6.07) is 1.03. The highest BCUT2D eigenvalue weighted by Gasteiger charge is 2.30. The van der Waals surface area contributed by atoms with Crippen molar-refractivity contribution in [1.29, 1.82) is 0 Å². The lowest BCUT2D eigenvalue weighted by molar-refractivity contribution is 0.525. The minimum absolute atomic E-state index is 0.359. The minimum Gasteiger partial charge on any atom is -0.394 e. The number of nitrogens with two attached hydrogens (primary N) is 1. The number of hydrogen-bond donors (Lipinski definition) is 1. The molecule has 1 aromatic rings. The molecule has 1 heterocycles. The van der Waals surface area contributed by atoms with Crippen molar-refractivity contribution >= 4 is 11.5 Å². The maximum absolute atomic E-state index is 6.08. The lowest BCUT2D eigenvalue weighted by Gasteiger charge is -2.22. The Morgan fingerprint density at radius 1 is 1.47 bits per heavy atom. The van der Waals surface area contributed by atoms with E-state index in [0.29, 0.717) is 12.1 Å². The van der Waals surface area contributed by atoms with Crippen LogP contribution in [0.25, 0.3) is 0 Å². The van der Waals surface area contributed by atoms with E-state index in [4.69, 9.17) is 5.73 Å². The fourth-order valence-electron chi connectivity index (χ4n) is 1.89. The van der Waals surface area contributed by atoms with Gasteiger partial charge < -0.3 is 10.6 Å². The number of rotatable bonds is 3. The number of hydrogen-bond acceptors (Lipinski definition) is 3. The van der Waals surface area contributed by atoms with Crippen LogP contribution in [0.1, 0.15) is 38.4 Å². The van der Waals surface area contributed by atoms with E-state index in [0.717, 1.165) is 17.2 Å². The van der Waals surface area contributed by atoms with Crippen LogP contribution in [0.2, 0.25) is 0 Å². The molecule has 2 rings (SSSR count). The van der Waals surface area contributed by atoms with Gasteiger partial charge >= 0.3 is 0 Å². The average molecular weight is 208 g/mol. The fraction of sp³-hybridized carbons (Fsp3) is 0.727. The van der Waals surface area contributed by atoms with E-state index in [1.54, 1.807) is 0 Å². The SMILES string of the molecule is Cc1nn(C(C)C)c(N(C)C2CC2)c1N. The van der Waals surface area contributed by atoms with Gasteiger partial charge in [-0.25, -0.2) is 4.68 Å². The van der Waals surface area contributed by atoms with Crippen LogP contribution in [-0.2, 0) is 0 Å². The topological polar surface area (TPSA) is 47.1 Å². The van der Waals surface area contributed by atoms with Gasteiger partial charge in [-0.2, -0.15) is 5.10 Å². The van der Waals surface area contributed by atoms with Gasteiger partial charge in [-0.05, 0) is 33.6 Å². The summed E-state index contributed by atoms with van der Waals surface area (Å²) in [4.78, 5) is 2.27. The molecule has 0 bridgehead atoms. The molecule has 2 N–H and O–H groups in total. The summed E-state index contributed by atoms with van der Waals surface area (Å²) >= 11 is 0. The van der Waals surface area contributed by atoms with Crippen LogP contribution in [0.5, 0.6) is 0 Å². The molecule has 84 valence electrons. The van der Waals surface area contributed by atoms with Gasteiger partial charge in [-0.15, -0.1) is 0 Å². The molecule has 0 spiro atoms. The molecule has 15 heavy (non-hydrogen) atoms. The first-order chi connectivity index (χ1) is 7.02. The van der Waals surface area contributed by atoms with Crippen LogP contribution in [0.15, 0.2) is 0 Å². The molecule has 1 aliphatic rings. The third-order valence-corrected chi connectivity index (χ3v) is 3.02. The maximum atomic E-state index is 6.08. The highest BCUT2D eigenvalue weighted by atomic mass is 15.4. The second-order valence-electron chi connectivity index (χ2n) is 4.70. The Morgan fingerprint density at radius 3 is 2.53 bits per heavy atom. The van der Waals surface area contributed by atoms with Crippen LogP contribution in [0.4, 0.5) is 11.5 Å². The summed E-state index contributed by atoms with van der Waals surface area (Å²) < 4.78 is 2.03. The van der Waals surface area contributed by atoms with Crippen molar-refractivity contribution in [3.63, 3.8) is 0 Å². The molecule has 4 nitrogen and oxygen atoms in total. The maximum Gasteiger partial charge on any atom is 0.150 e. The predicted molar refractivity (Wildman–Crippen MR) is 63.2 cm³/mol. The quantitative estimate of drug-likeness (QED) is 0.826. The molecule has 1 aromatic heterocycles. The molecule has 1 saturated carbocycles. The molecule has 0 atom stereocenters. The Labute approximate surface area is 91.1 Å². The van der Waals surface area contributed by atoms with E-state index >= 15 is 0 Å². The van der Waals surface area contributed by atoms with E-state index < -0.39 is 0 Å². The second kappa shape index (κ2) is 3.43. The molecular formula is C11H20N4. The third kappa shape index (κ3) is 1.68. The summed E-state index contributed by atoms with van der Waals surface area (Å²) in [6.07, 6.45) is 2.55. The van der Waals surface area contributed by atoms with E-state index in [2.05, 4.69) is 30.9 Å². The van der Waals surface area contributed by atoms with Crippen molar-refractivity contribution in [2.24, 2.45) is 0 Å². The predicted octanol–water partition coefficient (Wildman–Crippen LogP) is 1.95. The highest BCUT2D eigenvalue weighted by Crippen LogP contribution is 2.35. The molecule has 0 saturated heterocycles. The van der Waals surface area contributed by atoms with Gasteiger partial charge in [-0.3, -0.25) is 0 Å². The molecule has 1 fully saturated rings. The van der Waals surface area contributed by atoms with Gasteiger partial charge in [0.15, 0.2) is 5.82 Å². The summed E-state index contributed by atoms with van der Waals surface area (Å²) in [5.74, 6) is 1.09. The molecule has 0 unspecified atom stereocenters. The molecule has 0 radical (unpaired) electrons. The molecular weight excluding hydrogens is 188 g/mol. The van der Waals surface area contributed by atoms with Crippen molar-refractivity contribution in [3.8, 4) is 0 Å². The summed E-state index contributed by atoms with van der Waals surface area (Å²) in [5, 5.41) is 4.49. The van der Waals surface area contributed by atoms with Crippen LogP contribution >= 0.6 is 0 Å². The molecule has 0 amide bonds. The van der Waals surface area contributed by atoms with E-state index in [1.807, 2.05) is 11.6 Å². The monoisotopic (exact) mass is 208 g/mol. The normalized spacial score (nSPS) is 16.1. The van der Waals surface area contributed by atoms with E-state index in [9.17, 15) is 0 Å². The smallest absolute Gasteiger partial charge is 0.150 e. The van der Waals surface area contributed by atoms with Gasteiger partial charge in [0.25, 0.3) is 0 Å². The Hall–Kier alpha value is -1.19. The van der Waals surface area contributed by atoms with Crippen LogP contribution in [0.3, 0.4) is 0 Å². The van der Waals surface area contributed by atoms with E-state index in [-0.39, 0.29) is 0 Å². The molecule has 0 aromatic carbocycles. The highest BCUT2D eigenvalue weighted by molar-refractivity contribution is 5.66. The minimum atomic E-state index is 0.359. The first-order valence-electron chi connectivity index (χ1n) is 5.59. The number of anilines is 2. The fourth-order valence-corrected chi connectivity index (χ4v) is 1.89. The number of aromatic nitrogens is 2. The largest absolute Gasteiger partial charge is 0.394 e. The van der Waals surface area contributed by atoms with Gasteiger partial charge in [-0.1, -0.05) is 0 Å². The van der Waals surface area contributed by atoms with Crippen LogP contribution < -0.4 is 10.6 Å². The Morgan fingerprint density at radius 2 is 2.07 bits per heavy atom. The van der Waals surface area contributed by atoms with Gasteiger partial charge in [0.1, 0.15) is 0 Å². The van der Waals surface area contributed by atoms with Gasteiger partial charge in [0.05, 0.1) is 11.4 Å². The Bertz CT molecular complexity index is 363. The van der Waals surface area contributed by atoms with E-state index in [1.165, 1.54) is 12.8 Å². The Kier molecular flexibility index (Phi) is 2.37. The zero-order valence-corrected chi connectivity index (χ0v) is 9.99. The summed E-state index contributed by atoms with van der Waals surface area (Å²) in [6.45, 7) is 6.24. The molecule has 4 heteroatoms. The summed E-state index contributed by atoms with van der Waals surface area (Å²) in [7, 11) is 2.11. The van der Waals surface area contributed by atoms with Crippen molar-refractivity contribution in [2.45, 2.75) is 45.7 Å². The molecule has 1 aliphatic carbocycles. The first-order valence-corrected chi connectivity index (χ1v) is 5.59. The standard InChI is InChI=1S/C11H20N4/c1-7(2)15-11(10(12)8(3)13-15)14(4)9-5-6-9/h7,9H,5-6,12H2,1-4H3. The summed E-state index contributed by atoms with van der Waals surface area (Å²) in [5.41, 5.74) is 7.85. The third-order valence-electron chi connectivity index (χ3n) is 3.02. The van der Waals surface area contributed by atoms with Crippen molar-refractivity contribution in [2.75, 3.05) is 17.7 Å². The van der Waals surface area contributed by atoms with Crippen molar-refractivity contribution in [3.05, 3.63) is 5.69 Å². The number of nitrogens with zero attached hydrogens (tertiary/aromatic N) is 3. The average Bonchev–Trinajstić information content (AvgIpc) is 2.95. The van der Waals surface area contributed by atoms with Crippen molar-refractivity contribution in [1.82, 2.24) is 9.78 Å². The van der Waals surface area contributed by atoms with Crippen LogP contribution in [0, 0.1) is 6.92 Å². The number of aryl methyl sites for hydroxylation is 1. The van der Waals surface area contributed by atoms with Crippen molar-refractivity contribution < 1.29 is 0 Å². The van der Waals surface area contributed by atoms with Crippen LogP contribution in [-0.4, -0.2) is 22.9 Å². The zero-order chi connectivity index (χ0) is 11.2. The number of nitrogen functional groups attached to an aromatic ring is 1. The van der Waals surface area contributed by atoms with Gasteiger partial charge in [0, 0.05) is 19.1 Å². The zero-order valence-electron chi connectivity index (χ0n) is 9.99. The second-order valence-corrected chi connectivity index (χ2v) is 4.70. The van der Waals surface area contributed by atoms with Gasteiger partial charge in [0.2, 0.25) is 0 Å². The lowest BCUT2D eigenvalue weighted by Crippen LogP contribution is -2.24. The Balaban J connectivity index is 2.41. The molecule has 0 aliphatic heterocycles. The first kappa shape index (κ1) is 10.3. The lowest BCUT2D eigenvalue weighted by atomic mass is 10.3.